The number of hydrogen-bond acceptors (Lipinski definition) is 4. The van der Waals surface area contributed by atoms with E-state index < -0.39 is 10.0 Å². The van der Waals surface area contributed by atoms with Gasteiger partial charge < -0.3 is 4.90 Å². The van der Waals surface area contributed by atoms with Crippen molar-refractivity contribution in [1.82, 2.24) is 4.90 Å². The molecule has 0 bridgehead atoms. The van der Waals surface area contributed by atoms with Gasteiger partial charge in [0.25, 0.3) is 15.9 Å². The van der Waals surface area contributed by atoms with Crippen LogP contribution in [0.3, 0.4) is 0 Å². The third-order valence-corrected chi connectivity index (χ3v) is 7.12. The number of rotatable bonds is 7. The molecule has 7 heteroatoms. The number of aryl methyl sites for hydroxylation is 1. The molecule has 1 aromatic heterocycles. The maximum atomic E-state index is 12.6. The van der Waals surface area contributed by atoms with Gasteiger partial charge in [-0.1, -0.05) is 37.3 Å². The van der Waals surface area contributed by atoms with E-state index in [1.807, 2.05) is 12.1 Å². The summed E-state index contributed by atoms with van der Waals surface area (Å²) in [6.45, 7) is 2.62. The lowest BCUT2D eigenvalue weighted by atomic mass is 10.1. The second-order valence-electron chi connectivity index (χ2n) is 6.45. The maximum Gasteiger partial charge on any atom is 0.271 e. The molecule has 28 heavy (non-hydrogen) atoms. The van der Waals surface area contributed by atoms with E-state index in [2.05, 4.69) is 23.8 Å². The summed E-state index contributed by atoms with van der Waals surface area (Å²) in [5.41, 5.74) is 3.25. The van der Waals surface area contributed by atoms with Crippen molar-refractivity contribution < 1.29 is 13.2 Å². The Hall–Kier alpha value is -2.64. The Kier molecular flexibility index (Phi) is 6.16. The highest BCUT2D eigenvalue weighted by Crippen LogP contribution is 2.21. The molecule has 0 saturated carbocycles. The normalized spacial score (nSPS) is 11.2. The lowest BCUT2D eigenvalue weighted by molar-refractivity contribution is 0.0785. The van der Waals surface area contributed by atoms with Gasteiger partial charge in [0.05, 0.1) is 0 Å². The highest BCUT2D eigenvalue weighted by Gasteiger charge is 2.16. The molecular weight excluding hydrogens is 392 g/mol. The van der Waals surface area contributed by atoms with E-state index >= 15 is 0 Å². The molecule has 146 valence electrons. The molecule has 1 heterocycles. The zero-order valence-corrected chi connectivity index (χ0v) is 17.4. The predicted octanol–water partition coefficient (Wildman–Crippen LogP) is 4.38. The fourth-order valence-electron chi connectivity index (χ4n) is 2.75. The Bertz CT molecular complexity index is 1030. The molecule has 5 nitrogen and oxygen atoms in total. The molecule has 3 rings (SSSR count). The molecule has 0 aliphatic heterocycles. The number of nitrogens with zero attached hydrogens (tertiary/aromatic N) is 1. The van der Waals surface area contributed by atoms with E-state index in [0.717, 1.165) is 23.3 Å². The average Bonchev–Trinajstić information content (AvgIpc) is 3.24. The topological polar surface area (TPSA) is 66.5 Å². The first-order valence-corrected chi connectivity index (χ1v) is 11.2. The van der Waals surface area contributed by atoms with Crippen molar-refractivity contribution in [3.05, 3.63) is 82.7 Å². The largest absolute Gasteiger partial charge is 0.337 e. The lowest BCUT2D eigenvalue weighted by Crippen LogP contribution is -2.26. The van der Waals surface area contributed by atoms with Crippen LogP contribution in [0, 0.1) is 0 Å². The predicted molar refractivity (Wildman–Crippen MR) is 113 cm³/mol. The summed E-state index contributed by atoms with van der Waals surface area (Å²) < 4.78 is 27.3. The van der Waals surface area contributed by atoms with E-state index in [9.17, 15) is 13.2 Å². The van der Waals surface area contributed by atoms with Crippen molar-refractivity contribution in [3.8, 4) is 0 Å². The quantitative estimate of drug-likeness (QED) is 0.624. The van der Waals surface area contributed by atoms with Crippen LogP contribution < -0.4 is 4.72 Å². The Morgan fingerprint density at radius 2 is 1.64 bits per heavy atom. The zero-order valence-electron chi connectivity index (χ0n) is 15.8. The standard InChI is InChI=1S/C21H22N2O3S2/c1-3-16-6-8-17(9-7-16)15-23(2)21(24)18-10-12-19(13-11-18)22-28(25,26)20-5-4-14-27-20/h4-14,22H,3,15H2,1-2H3. The van der Waals surface area contributed by atoms with Crippen LogP contribution in [0.25, 0.3) is 0 Å². The summed E-state index contributed by atoms with van der Waals surface area (Å²) in [7, 11) is -1.84. The Labute approximate surface area is 169 Å². The third-order valence-electron chi connectivity index (χ3n) is 4.34. The van der Waals surface area contributed by atoms with Gasteiger partial charge in [0.15, 0.2) is 0 Å². The van der Waals surface area contributed by atoms with Gasteiger partial charge in [-0.05, 0) is 53.3 Å². The minimum Gasteiger partial charge on any atom is -0.337 e. The molecule has 0 aliphatic carbocycles. The summed E-state index contributed by atoms with van der Waals surface area (Å²) >= 11 is 1.15. The molecule has 0 radical (unpaired) electrons. The second-order valence-corrected chi connectivity index (χ2v) is 9.30. The first-order valence-electron chi connectivity index (χ1n) is 8.88. The number of benzene rings is 2. The third kappa shape index (κ3) is 4.79. The van der Waals surface area contributed by atoms with Gasteiger partial charge >= 0.3 is 0 Å². The van der Waals surface area contributed by atoms with Crippen LogP contribution in [-0.2, 0) is 23.0 Å². The fraction of sp³-hybridized carbons (Fsp3) is 0.190. The molecule has 0 aliphatic rings. The average molecular weight is 415 g/mol. The van der Waals surface area contributed by atoms with Crippen LogP contribution in [0.1, 0.15) is 28.4 Å². The highest BCUT2D eigenvalue weighted by molar-refractivity contribution is 7.94. The number of nitrogens with one attached hydrogen (secondary N) is 1. The second kappa shape index (κ2) is 8.58. The minimum absolute atomic E-state index is 0.118. The molecule has 0 spiro atoms. The molecule has 1 N–H and O–H groups in total. The number of hydrogen-bond donors (Lipinski definition) is 1. The van der Waals surface area contributed by atoms with Gasteiger partial charge in [0.2, 0.25) is 0 Å². The molecule has 0 atom stereocenters. The van der Waals surface area contributed by atoms with E-state index in [1.165, 1.54) is 5.56 Å². The van der Waals surface area contributed by atoms with Gasteiger partial charge in [-0.15, -0.1) is 11.3 Å². The Morgan fingerprint density at radius 3 is 2.21 bits per heavy atom. The lowest BCUT2D eigenvalue weighted by Gasteiger charge is -2.18. The van der Waals surface area contributed by atoms with Crippen molar-refractivity contribution in [3.63, 3.8) is 0 Å². The maximum absolute atomic E-state index is 12.6. The van der Waals surface area contributed by atoms with Gasteiger partial charge in [0.1, 0.15) is 4.21 Å². The first kappa shape index (κ1) is 20.1. The molecule has 0 saturated heterocycles. The molecule has 2 aromatic carbocycles. The SMILES string of the molecule is CCc1ccc(CN(C)C(=O)c2ccc(NS(=O)(=O)c3cccs3)cc2)cc1. The van der Waals surface area contributed by atoms with Gasteiger partial charge in [0, 0.05) is 24.8 Å². The van der Waals surface area contributed by atoms with Gasteiger partial charge in [-0.2, -0.15) is 0 Å². The van der Waals surface area contributed by atoms with E-state index in [0.29, 0.717) is 17.8 Å². The number of anilines is 1. The van der Waals surface area contributed by atoms with Crippen molar-refractivity contribution in [2.45, 2.75) is 24.1 Å². The highest BCUT2D eigenvalue weighted by atomic mass is 32.2. The van der Waals surface area contributed by atoms with E-state index in [-0.39, 0.29) is 10.1 Å². The van der Waals surface area contributed by atoms with Crippen LogP contribution >= 0.6 is 11.3 Å². The number of carbonyl (C=O) groups is 1. The van der Waals surface area contributed by atoms with Crippen molar-refractivity contribution in [2.24, 2.45) is 0 Å². The summed E-state index contributed by atoms with van der Waals surface area (Å²) in [4.78, 5) is 14.3. The molecule has 3 aromatic rings. The van der Waals surface area contributed by atoms with Crippen LogP contribution in [0.5, 0.6) is 0 Å². The number of thiophene rings is 1. The number of amides is 1. The first-order chi connectivity index (χ1) is 13.4. The van der Waals surface area contributed by atoms with Crippen LogP contribution in [0.2, 0.25) is 0 Å². The zero-order chi connectivity index (χ0) is 20.1. The monoisotopic (exact) mass is 414 g/mol. The number of sulfonamides is 1. The van der Waals surface area contributed by atoms with Gasteiger partial charge in [-0.25, -0.2) is 8.42 Å². The van der Waals surface area contributed by atoms with E-state index in [4.69, 9.17) is 0 Å². The van der Waals surface area contributed by atoms with Crippen LogP contribution in [0.15, 0.2) is 70.3 Å². The van der Waals surface area contributed by atoms with E-state index in [1.54, 1.807) is 53.7 Å². The summed E-state index contributed by atoms with van der Waals surface area (Å²) in [6.07, 6.45) is 0.984. The van der Waals surface area contributed by atoms with Crippen molar-refractivity contribution >= 4 is 33.0 Å². The van der Waals surface area contributed by atoms with Crippen LogP contribution in [-0.4, -0.2) is 26.3 Å². The fourth-order valence-corrected chi connectivity index (χ4v) is 4.80. The van der Waals surface area contributed by atoms with Crippen LogP contribution in [0.4, 0.5) is 5.69 Å². The molecule has 0 unspecified atom stereocenters. The molecule has 0 fully saturated rings. The summed E-state index contributed by atoms with van der Waals surface area (Å²) in [5.74, 6) is -0.118. The molecule has 1 amide bonds. The van der Waals surface area contributed by atoms with Gasteiger partial charge in [-0.3, -0.25) is 9.52 Å². The Morgan fingerprint density at radius 1 is 1.00 bits per heavy atom. The Balaban J connectivity index is 1.65. The minimum atomic E-state index is -3.59. The molecular formula is C21H22N2O3S2. The summed E-state index contributed by atoms with van der Waals surface area (Å²) in [6, 6.07) is 17.9. The smallest absolute Gasteiger partial charge is 0.271 e. The van der Waals surface area contributed by atoms with Crippen molar-refractivity contribution in [1.29, 1.82) is 0 Å². The summed E-state index contributed by atoms with van der Waals surface area (Å²) in [5, 5.41) is 1.71. The number of carbonyl (C=O) groups excluding carboxylic acids is 1. The van der Waals surface area contributed by atoms with Crippen molar-refractivity contribution in [2.75, 3.05) is 11.8 Å².